The van der Waals surface area contributed by atoms with Crippen molar-refractivity contribution in [2.75, 3.05) is 6.54 Å². The average molecular weight is 688 g/mol. The quantitative estimate of drug-likeness (QED) is 0.295. The summed E-state index contributed by atoms with van der Waals surface area (Å²) in [6.07, 6.45) is 11.7. The van der Waals surface area contributed by atoms with E-state index in [1.54, 1.807) is 6.20 Å². The van der Waals surface area contributed by atoms with Crippen molar-refractivity contribution in [3.63, 3.8) is 0 Å². The fourth-order valence-corrected chi connectivity index (χ4v) is 8.11. The number of fused-ring (bicyclic) bond motifs is 3. The number of alkyl carbamates (subject to hydrolysis) is 1. The van der Waals surface area contributed by atoms with Gasteiger partial charge in [-0.25, -0.2) is 14.6 Å². The molecule has 0 aromatic carbocycles. The van der Waals surface area contributed by atoms with Crippen LogP contribution in [0.3, 0.4) is 0 Å². The van der Waals surface area contributed by atoms with Crippen LogP contribution in [0, 0.1) is 5.92 Å². The molecule has 5 atom stereocenters. The monoisotopic (exact) mass is 687 g/mol. The van der Waals surface area contributed by atoms with E-state index in [1.165, 1.54) is 16.2 Å². The van der Waals surface area contributed by atoms with Gasteiger partial charge in [-0.2, -0.15) is 0 Å². The summed E-state index contributed by atoms with van der Waals surface area (Å²) in [5, 5.41) is 17.7. The predicted octanol–water partition coefficient (Wildman–Crippen LogP) is 5.22. The van der Waals surface area contributed by atoms with Crippen LogP contribution in [-0.4, -0.2) is 80.2 Å². The van der Waals surface area contributed by atoms with Crippen molar-refractivity contribution in [3.05, 3.63) is 54.1 Å². The van der Waals surface area contributed by atoms with Crippen LogP contribution in [0.25, 0.3) is 21.6 Å². The highest BCUT2D eigenvalue weighted by molar-refractivity contribution is 7.17. The van der Waals surface area contributed by atoms with Gasteiger partial charge in [-0.05, 0) is 74.9 Å². The fourth-order valence-electron chi connectivity index (χ4n) is 7.32. The van der Waals surface area contributed by atoms with Crippen LogP contribution in [-0.2, 0) is 19.1 Å². The lowest BCUT2D eigenvalue weighted by Crippen LogP contribution is -2.56. The van der Waals surface area contributed by atoms with Gasteiger partial charge < -0.3 is 30.1 Å². The van der Waals surface area contributed by atoms with E-state index in [-0.39, 0.29) is 31.4 Å². The number of amides is 3. The van der Waals surface area contributed by atoms with E-state index < -0.39 is 47.6 Å². The summed E-state index contributed by atoms with van der Waals surface area (Å²) in [6, 6.07) is 7.39. The summed E-state index contributed by atoms with van der Waals surface area (Å²) in [5.41, 5.74) is 0.630. The number of pyridine rings is 2. The molecule has 258 valence electrons. The Balaban J connectivity index is 1.18. The summed E-state index contributed by atoms with van der Waals surface area (Å²) >= 11 is 1.48. The largest absolute Gasteiger partial charge is 0.487 e. The molecule has 0 spiro atoms. The topological polar surface area (TPSA) is 160 Å². The Bertz CT molecular complexity index is 1740. The number of allylic oxidation sites excluding steroid dienone is 1. The molecule has 2 aliphatic heterocycles. The van der Waals surface area contributed by atoms with Crippen LogP contribution in [0.1, 0.15) is 70.6 Å². The van der Waals surface area contributed by atoms with Gasteiger partial charge in [0.05, 0.1) is 28.1 Å². The lowest BCUT2D eigenvalue weighted by atomic mass is 10.0. The van der Waals surface area contributed by atoms with Crippen molar-refractivity contribution < 1.29 is 33.8 Å². The zero-order valence-electron chi connectivity index (χ0n) is 27.2. The molecule has 0 radical (unpaired) electrons. The molecule has 4 aliphatic rings. The van der Waals surface area contributed by atoms with Gasteiger partial charge in [0, 0.05) is 24.6 Å². The van der Waals surface area contributed by atoms with E-state index >= 15 is 0 Å². The number of ether oxygens (including phenoxy) is 2. The maximum absolute atomic E-state index is 14.4. The molecule has 3 fully saturated rings. The lowest BCUT2D eigenvalue weighted by Gasteiger charge is -2.29. The van der Waals surface area contributed by atoms with Crippen LogP contribution in [0.5, 0.6) is 5.75 Å². The van der Waals surface area contributed by atoms with E-state index in [2.05, 4.69) is 15.6 Å². The van der Waals surface area contributed by atoms with Crippen molar-refractivity contribution in [2.45, 2.75) is 100 Å². The van der Waals surface area contributed by atoms with E-state index in [1.807, 2.05) is 47.9 Å². The van der Waals surface area contributed by atoms with Gasteiger partial charge in [0.1, 0.15) is 35.6 Å². The van der Waals surface area contributed by atoms with E-state index in [4.69, 9.17) is 14.5 Å². The molecule has 1 saturated heterocycles. The number of carboxylic acids is 1. The Hall–Kier alpha value is -4.52. The summed E-state index contributed by atoms with van der Waals surface area (Å²) in [4.78, 5) is 64.5. The van der Waals surface area contributed by atoms with E-state index in [0.717, 1.165) is 55.2 Å². The van der Waals surface area contributed by atoms with Crippen LogP contribution in [0.15, 0.2) is 54.1 Å². The maximum atomic E-state index is 14.4. The van der Waals surface area contributed by atoms with E-state index in [0.29, 0.717) is 30.0 Å². The number of aliphatic carboxylic acids is 1. The number of hydrogen-bond acceptors (Lipinski definition) is 9. The normalized spacial score (nSPS) is 28.4. The fraction of sp³-hybridized carbons (Fsp3) is 0.500. The third-order valence-electron chi connectivity index (χ3n) is 10.1. The highest BCUT2D eigenvalue weighted by Crippen LogP contribution is 2.45. The number of rotatable bonds is 6. The Labute approximate surface area is 288 Å². The van der Waals surface area contributed by atoms with Gasteiger partial charge in [0.15, 0.2) is 0 Å². The molecule has 2 aliphatic carbocycles. The number of carbonyl (C=O) groups is 4. The van der Waals surface area contributed by atoms with Gasteiger partial charge in [0.25, 0.3) is 0 Å². The molecular formula is C36H41N5O7S. The third-order valence-corrected chi connectivity index (χ3v) is 11.0. The number of hydrogen-bond donors (Lipinski definition) is 3. The predicted molar refractivity (Wildman–Crippen MR) is 182 cm³/mol. The number of carboxylic acid groups (broad SMARTS) is 1. The summed E-state index contributed by atoms with van der Waals surface area (Å²) < 4.78 is 13.1. The zero-order chi connectivity index (χ0) is 34.0. The second-order valence-electron chi connectivity index (χ2n) is 13.5. The molecule has 0 bridgehead atoms. The third kappa shape index (κ3) is 7.12. The molecule has 13 heteroatoms. The molecule has 3 aromatic rings. The maximum Gasteiger partial charge on any atom is 0.408 e. The number of carbonyl (C=O) groups excluding carboxylic acids is 3. The second-order valence-corrected chi connectivity index (χ2v) is 14.4. The highest BCUT2D eigenvalue weighted by Gasteiger charge is 2.61. The number of nitrogens with zero attached hydrogens (tertiary/aromatic N) is 3. The first-order chi connectivity index (χ1) is 23.8. The van der Waals surface area contributed by atoms with Crippen LogP contribution in [0.2, 0.25) is 0 Å². The summed E-state index contributed by atoms with van der Waals surface area (Å²) in [5.74, 6) is -1.83. The second kappa shape index (κ2) is 14.1. The minimum absolute atomic E-state index is 0.0737. The van der Waals surface area contributed by atoms with Gasteiger partial charge >= 0.3 is 12.1 Å². The van der Waals surface area contributed by atoms with Crippen molar-refractivity contribution in [1.29, 1.82) is 0 Å². The summed E-state index contributed by atoms with van der Waals surface area (Å²) in [6.45, 7) is 0.0737. The first-order valence-electron chi connectivity index (χ1n) is 17.3. The van der Waals surface area contributed by atoms with Gasteiger partial charge in [-0.3, -0.25) is 14.6 Å². The van der Waals surface area contributed by atoms with Gasteiger partial charge in [-0.15, -0.1) is 11.3 Å². The van der Waals surface area contributed by atoms with Crippen LogP contribution < -0.4 is 15.4 Å². The Morgan fingerprint density at radius 2 is 1.88 bits per heavy atom. The standard InChI is InChI=1S/C36H41N5O7S/c42-32-29-18-24(47-30-19-28(25-13-8-9-16-37-25)38-26-15-17-49-31(26)30)21-41(29)33(43)27(39-35(46)48-23-11-6-7-12-23)14-5-3-1-2-4-10-22-20-36(22,40-32)34(44)45/h4,8-10,13,15-17,19,22-24,27,29H,1-3,5-7,11-12,14,18,20-21H2,(H,39,46)(H,40,42)(H,44,45)/b10-4-/t22-,24+,27-,29-,36+/m0/s1. The Morgan fingerprint density at radius 1 is 1.04 bits per heavy atom. The molecule has 12 nitrogen and oxygen atoms in total. The minimum Gasteiger partial charge on any atom is -0.487 e. The van der Waals surface area contributed by atoms with Crippen molar-refractivity contribution in [1.82, 2.24) is 25.5 Å². The first kappa shape index (κ1) is 33.0. The van der Waals surface area contributed by atoms with Crippen molar-refractivity contribution in [3.8, 4) is 17.1 Å². The SMILES string of the molecule is O=C(N[C@H]1CCCCC/C=C\[C@H]2C[C@@]2(C(=O)O)NC(=O)[C@@H]2C[C@@H](Oc3cc(-c4ccccn4)nc4ccsc34)CN2C1=O)OC1CCCC1. The molecule has 49 heavy (non-hydrogen) atoms. The average Bonchev–Trinajstić information content (AvgIpc) is 3.54. The van der Waals surface area contributed by atoms with Gasteiger partial charge in [-0.1, -0.05) is 31.1 Å². The minimum atomic E-state index is -1.42. The molecule has 3 N–H and O–H groups in total. The van der Waals surface area contributed by atoms with Crippen molar-refractivity contribution in [2.24, 2.45) is 5.92 Å². The zero-order valence-corrected chi connectivity index (χ0v) is 28.0. The molecule has 3 aromatic heterocycles. The van der Waals surface area contributed by atoms with E-state index in [9.17, 15) is 24.3 Å². The van der Waals surface area contributed by atoms with Crippen LogP contribution >= 0.6 is 11.3 Å². The molecule has 5 heterocycles. The molecule has 2 saturated carbocycles. The number of aromatic nitrogens is 2. The molecule has 0 unspecified atom stereocenters. The Kier molecular flexibility index (Phi) is 9.53. The number of nitrogens with one attached hydrogen (secondary N) is 2. The highest BCUT2D eigenvalue weighted by atomic mass is 32.1. The smallest absolute Gasteiger partial charge is 0.408 e. The summed E-state index contributed by atoms with van der Waals surface area (Å²) in [7, 11) is 0. The first-order valence-corrected chi connectivity index (χ1v) is 18.1. The van der Waals surface area contributed by atoms with Gasteiger partial charge in [0.2, 0.25) is 11.8 Å². The van der Waals surface area contributed by atoms with Crippen LogP contribution in [0.4, 0.5) is 4.79 Å². The van der Waals surface area contributed by atoms with Crippen molar-refractivity contribution >= 4 is 45.4 Å². The number of thiophene rings is 1. The lowest BCUT2D eigenvalue weighted by molar-refractivity contribution is -0.145. The molecular weight excluding hydrogens is 646 g/mol. The molecule has 7 rings (SSSR count). The molecule has 3 amide bonds. The Morgan fingerprint density at radius 3 is 2.67 bits per heavy atom.